The van der Waals surface area contributed by atoms with E-state index in [1.807, 2.05) is 0 Å². The zero-order chi connectivity index (χ0) is 62.0. The Bertz CT molecular complexity index is 1260. The molecule has 6 nitrogen and oxygen atoms in total. The summed E-state index contributed by atoms with van der Waals surface area (Å²) in [7, 11) is 0. The fraction of sp³-hybridized carbons (Fsp3) is 0.975. The van der Waals surface area contributed by atoms with Crippen molar-refractivity contribution in [2.45, 2.75) is 488 Å². The number of aliphatic hydroxyl groups excluding tert-OH is 2. The lowest BCUT2D eigenvalue weighted by atomic mass is 10.0. The minimum absolute atomic E-state index is 0.0235. The van der Waals surface area contributed by atoms with Gasteiger partial charge in [-0.15, -0.1) is 0 Å². The lowest BCUT2D eigenvalue weighted by molar-refractivity contribution is -0.143. The normalized spacial score (nSPS) is 12.4. The van der Waals surface area contributed by atoms with E-state index in [1.165, 1.54) is 405 Å². The molecule has 86 heavy (non-hydrogen) atoms. The van der Waals surface area contributed by atoms with Crippen molar-refractivity contribution in [2.75, 3.05) is 13.2 Å². The van der Waals surface area contributed by atoms with Gasteiger partial charge in [0.25, 0.3) is 0 Å². The number of unbranched alkanes of at least 4 members (excludes halogenated alkanes) is 66. The van der Waals surface area contributed by atoms with E-state index in [2.05, 4.69) is 19.2 Å². The van der Waals surface area contributed by atoms with E-state index >= 15 is 0 Å². The number of carbonyl (C=O) groups excluding carboxylic acids is 2. The van der Waals surface area contributed by atoms with Crippen LogP contribution in [0.25, 0.3) is 0 Å². The molecule has 0 spiro atoms. The summed E-state index contributed by atoms with van der Waals surface area (Å²) in [5.74, 6) is 0.00254. The van der Waals surface area contributed by atoms with Gasteiger partial charge in [-0.1, -0.05) is 438 Å². The minimum atomic E-state index is -0.659. The summed E-state index contributed by atoms with van der Waals surface area (Å²) in [6, 6.07) is -0.536. The van der Waals surface area contributed by atoms with E-state index in [4.69, 9.17) is 4.74 Å². The number of hydrogen-bond acceptors (Lipinski definition) is 5. The van der Waals surface area contributed by atoms with E-state index in [0.29, 0.717) is 25.9 Å². The first-order valence-corrected chi connectivity index (χ1v) is 40.3. The van der Waals surface area contributed by atoms with Crippen molar-refractivity contribution in [3.05, 3.63) is 0 Å². The van der Waals surface area contributed by atoms with Crippen molar-refractivity contribution in [2.24, 2.45) is 0 Å². The summed E-state index contributed by atoms with van der Waals surface area (Å²) in [5.41, 5.74) is 0. The second kappa shape index (κ2) is 76.3. The molecule has 0 heterocycles. The third-order valence-electron chi connectivity index (χ3n) is 19.4. The smallest absolute Gasteiger partial charge is 0.305 e. The van der Waals surface area contributed by atoms with Crippen LogP contribution in [-0.2, 0) is 14.3 Å². The maximum atomic E-state index is 12.5. The Morgan fingerprint density at radius 2 is 0.477 bits per heavy atom. The molecule has 0 radical (unpaired) electrons. The van der Waals surface area contributed by atoms with E-state index < -0.39 is 12.1 Å². The van der Waals surface area contributed by atoms with Crippen LogP contribution in [0.3, 0.4) is 0 Å². The van der Waals surface area contributed by atoms with Crippen molar-refractivity contribution >= 4 is 11.9 Å². The summed E-state index contributed by atoms with van der Waals surface area (Å²) in [5, 5.41) is 23.4. The Labute approximate surface area is 540 Å². The fourth-order valence-electron chi connectivity index (χ4n) is 13.3. The summed E-state index contributed by atoms with van der Waals surface area (Å²) >= 11 is 0. The molecule has 2 atom stereocenters. The van der Waals surface area contributed by atoms with Gasteiger partial charge < -0.3 is 20.3 Å². The van der Waals surface area contributed by atoms with E-state index in [1.54, 1.807) is 0 Å². The topological polar surface area (TPSA) is 95.9 Å². The molecule has 3 N–H and O–H groups in total. The summed E-state index contributed by atoms with van der Waals surface area (Å²) in [6.07, 6.45) is 95.0. The number of aliphatic hydroxyl groups is 2. The van der Waals surface area contributed by atoms with Gasteiger partial charge in [0.05, 0.1) is 25.4 Å². The molecule has 0 aliphatic heterocycles. The lowest BCUT2D eigenvalue weighted by Crippen LogP contribution is -2.45. The zero-order valence-corrected chi connectivity index (χ0v) is 59.1. The maximum Gasteiger partial charge on any atom is 0.305 e. The molecule has 514 valence electrons. The average molecular weight is 1220 g/mol. The molecule has 0 aliphatic carbocycles. The number of hydrogen-bond donors (Lipinski definition) is 3. The second-order valence-electron chi connectivity index (χ2n) is 28.1. The summed E-state index contributed by atoms with van der Waals surface area (Å²) < 4.78 is 5.49. The van der Waals surface area contributed by atoms with Crippen LogP contribution in [0, 0.1) is 0 Å². The van der Waals surface area contributed by atoms with Gasteiger partial charge in [0.2, 0.25) is 5.91 Å². The largest absolute Gasteiger partial charge is 0.466 e. The number of ether oxygens (including phenoxy) is 1. The Kier molecular flexibility index (Phi) is 75.3. The quantitative estimate of drug-likeness (QED) is 0.0417. The minimum Gasteiger partial charge on any atom is -0.466 e. The van der Waals surface area contributed by atoms with Crippen LogP contribution < -0.4 is 5.32 Å². The van der Waals surface area contributed by atoms with Gasteiger partial charge in [0, 0.05) is 12.8 Å². The predicted octanol–water partition coefficient (Wildman–Crippen LogP) is 26.5. The number of amides is 1. The molecule has 0 aromatic heterocycles. The Morgan fingerprint density at radius 3 is 0.709 bits per heavy atom. The van der Waals surface area contributed by atoms with Crippen molar-refractivity contribution < 1.29 is 24.5 Å². The SMILES string of the molecule is CCCCCCCCCCCCCCCCCCCCC(O)C(CO)NC(=O)CCCCCCCCCCCCCCCCCCCCCCCCCCCCCCCCCCCCCCCCCOC(=O)CCCCCCCCCCCCCC. The fourth-order valence-corrected chi connectivity index (χ4v) is 13.3. The van der Waals surface area contributed by atoms with E-state index in [0.717, 1.165) is 38.5 Å². The van der Waals surface area contributed by atoms with Crippen molar-refractivity contribution in [3.63, 3.8) is 0 Å². The van der Waals surface area contributed by atoms with Crippen LogP contribution in [0.5, 0.6) is 0 Å². The van der Waals surface area contributed by atoms with Crippen LogP contribution in [-0.4, -0.2) is 47.4 Å². The molecule has 0 aliphatic rings. The Hall–Kier alpha value is -1.14. The number of rotatable bonds is 77. The van der Waals surface area contributed by atoms with Crippen LogP contribution >= 0.6 is 0 Å². The van der Waals surface area contributed by atoms with Crippen molar-refractivity contribution in [1.82, 2.24) is 5.32 Å². The molecular weight excluding hydrogens is 1050 g/mol. The van der Waals surface area contributed by atoms with Crippen molar-refractivity contribution in [1.29, 1.82) is 0 Å². The van der Waals surface area contributed by atoms with Gasteiger partial charge in [-0.05, 0) is 25.7 Å². The molecule has 1 amide bonds. The van der Waals surface area contributed by atoms with Gasteiger partial charge >= 0.3 is 5.97 Å². The van der Waals surface area contributed by atoms with Gasteiger partial charge in [-0.25, -0.2) is 0 Å². The Balaban J connectivity index is 3.28. The van der Waals surface area contributed by atoms with Crippen LogP contribution in [0.15, 0.2) is 0 Å². The summed E-state index contributed by atoms with van der Waals surface area (Å²) in [6.45, 7) is 5.01. The van der Waals surface area contributed by atoms with Crippen LogP contribution in [0.4, 0.5) is 0 Å². The molecule has 0 fully saturated rings. The zero-order valence-electron chi connectivity index (χ0n) is 59.1. The third kappa shape index (κ3) is 71.9. The molecule has 0 aromatic carbocycles. The highest BCUT2D eigenvalue weighted by Crippen LogP contribution is 2.21. The molecule has 0 bridgehead atoms. The highest BCUT2D eigenvalue weighted by molar-refractivity contribution is 5.76. The van der Waals surface area contributed by atoms with Crippen LogP contribution in [0.1, 0.15) is 476 Å². The molecular formula is C80H159NO5. The Morgan fingerprint density at radius 1 is 0.279 bits per heavy atom. The molecule has 6 heteroatoms. The molecule has 0 saturated heterocycles. The van der Waals surface area contributed by atoms with Gasteiger partial charge in [0.1, 0.15) is 0 Å². The number of esters is 1. The number of carbonyl (C=O) groups is 2. The first-order valence-electron chi connectivity index (χ1n) is 40.3. The summed E-state index contributed by atoms with van der Waals surface area (Å²) in [4.78, 5) is 24.6. The number of nitrogens with one attached hydrogen (secondary N) is 1. The molecule has 0 aromatic rings. The van der Waals surface area contributed by atoms with Gasteiger partial charge in [-0.3, -0.25) is 9.59 Å². The second-order valence-corrected chi connectivity index (χ2v) is 28.1. The molecule has 0 rings (SSSR count). The van der Waals surface area contributed by atoms with E-state index in [9.17, 15) is 19.8 Å². The molecule has 2 unspecified atom stereocenters. The third-order valence-corrected chi connectivity index (χ3v) is 19.4. The van der Waals surface area contributed by atoms with Gasteiger partial charge in [-0.2, -0.15) is 0 Å². The first-order chi connectivity index (χ1) is 42.5. The lowest BCUT2D eigenvalue weighted by Gasteiger charge is -2.22. The first kappa shape index (κ1) is 84.9. The highest BCUT2D eigenvalue weighted by Gasteiger charge is 2.20. The highest BCUT2D eigenvalue weighted by atomic mass is 16.5. The standard InChI is InChI=1S/C80H159NO5/c1-3-5-7-9-11-13-15-17-18-19-43-46-49-52-56-60-64-68-72-78(83)77(76-82)81-79(84)73-69-65-61-57-53-50-47-44-41-39-37-35-33-31-29-27-25-23-21-20-22-24-26-28-30-32-34-36-38-40-42-45-48-51-55-59-63-67-71-75-86-80(85)74-70-66-62-58-54-16-14-12-10-8-6-4-2/h77-78,82-83H,3-76H2,1-2H3,(H,81,84). The molecule has 0 saturated carbocycles. The monoisotopic (exact) mass is 1210 g/mol. The average Bonchev–Trinajstić information content (AvgIpc) is 3.60. The van der Waals surface area contributed by atoms with Crippen LogP contribution in [0.2, 0.25) is 0 Å². The van der Waals surface area contributed by atoms with Gasteiger partial charge in [0.15, 0.2) is 0 Å². The van der Waals surface area contributed by atoms with E-state index in [-0.39, 0.29) is 18.5 Å². The van der Waals surface area contributed by atoms with Crippen molar-refractivity contribution in [3.8, 4) is 0 Å². The maximum absolute atomic E-state index is 12.5. The predicted molar refractivity (Wildman–Crippen MR) is 380 cm³/mol.